The Hall–Kier alpha value is -2.62. The van der Waals surface area contributed by atoms with Gasteiger partial charge in [0, 0.05) is 11.4 Å². The van der Waals surface area contributed by atoms with Gasteiger partial charge >= 0.3 is 0 Å². The van der Waals surface area contributed by atoms with Crippen molar-refractivity contribution in [2.24, 2.45) is 0 Å². The molecule has 4 nitrogen and oxygen atoms in total. The maximum atomic E-state index is 8.33. The topological polar surface area (TPSA) is 71.8 Å². The third-order valence-corrected chi connectivity index (χ3v) is 4.23. The van der Waals surface area contributed by atoms with Crippen molar-refractivity contribution < 1.29 is 0 Å². The zero-order chi connectivity index (χ0) is 17.9. The quantitative estimate of drug-likeness (QED) is 0.454. The molecule has 0 aliphatic heterocycles. The van der Waals surface area contributed by atoms with Crippen molar-refractivity contribution in [2.75, 3.05) is 10.6 Å². The number of benzene rings is 2. The standard InChI is InChI=1S/C20H26N4/c1-12-8-6-9-13(2)18(12)23-20(17(22)16(5)21)24-19-14(3)10-7-11-15(19)4/h6-11,20-24H,1-5H3. The molecule has 4 heteroatoms. The molecule has 0 saturated heterocycles. The number of hydrogen-bond donors (Lipinski definition) is 4. The number of para-hydroxylation sites is 2. The largest absolute Gasteiger partial charge is 0.360 e. The Kier molecular flexibility index (Phi) is 5.39. The summed E-state index contributed by atoms with van der Waals surface area (Å²) >= 11 is 0. The Morgan fingerprint density at radius 1 is 0.750 bits per heavy atom. The molecule has 0 fully saturated rings. The molecule has 2 rings (SSSR count). The van der Waals surface area contributed by atoms with Crippen LogP contribution < -0.4 is 10.6 Å². The molecule has 0 radical (unpaired) electrons. The molecular weight excluding hydrogens is 296 g/mol. The molecular formula is C20H26N4. The normalized spacial score (nSPS) is 10.6. The fraction of sp³-hybridized carbons (Fsp3) is 0.300. The third-order valence-electron chi connectivity index (χ3n) is 4.23. The fourth-order valence-electron chi connectivity index (χ4n) is 2.77. The monoisotopic (exact) mass is 322 g/mol. The van der Waals surface area contributed by atoms with Crippen LogP contribution in [0.5, 0.6) is 0 Å². The predicted octanol–water partition coefficient (Wildman–Crippen LogP) is 4.83. The van der Waals surface area contributed by atoms with Gasteiger partial charge in [-0.25, -0.2) is 0 Å². The minimum Gasteiger partial charge on any atom is -0.360 e. The molecule has 0 aromatic heterocycles. The summed E-state index contributed by atoms with van der Waals surface area (Å²) in [5.41, 5.74) is 6.99. The van der Waals surface area contributed by atoms with E-state index in [1.165, 1.54) is 0 Å². The third kappa shape index (κ3) is 3.82. The van der Waals surface area contributed by atoms with Crippen LogP contribution in [-0.2, 0) is 0 Å². The highest BCUT2D eigenvalue weighted by atomic mass is 15.1. The first kappa shape index (κ1) is 17.7. The maximum absolute atomic E-state index is 8.33. The summed E-state index contributed by atoms with van der Waals surface area (Å²) in [6.07, 6.45) is -0.456. The molecule has 2 aromatic rings. The van der Waals surface area contributed by atoms with Crippen LogP contribution >= 0.6 is 0 Å². The van der Waals surface area contributed by atoms with Gasteiger partial charge in [0.25, 0.3) is 0 Å². The first-order chi connectivity index (χ1) is 11.3. The first-order valence-corrected chi connectivity index (χ1v) is 8.10. The van der Waals surface area contributed by atoms with Crippen molar-refractivity contribution in [3.63, 3.8) is 0 Å². The van der Waals surface area contributed by atoms with Gasteiger partial charge in [-0.05, 0) is 56.9 Å². The van der Waals surface area contributed by atoms with E-state index in [0.29, 0.717) is 0 Å². The van der Waals surface area contributed by atoms with Crippen LogP contribution in [0.3, 0.4) is 0 Å². The lowest BCUT2D eigenvalue weighted by Crippen LogP contribution is -2.40. The summed E-state index contributed by atoms with van der Waals surface area (Å²) in [4.78, 5) is 0. The van der Waals surface area contributed by atoms with Crippen LogP contribution in [0, 0.1) is 38.5 Å². The maximum Gasteiger partial charge on any atom is 0.142 e. The molecule has 0 amide bonds. The molecule has 0 aliphatic rings. The number of nitrogens with one attached hydrogen (secondary N) is 4. The van der Waals surface area contributed by atoms with Crippen LogP contribution in [0.15, 0.2) is 36.4 Å². The summed E-state index contributed by atoms with van der Waals surface area (Å²) < 4.78 is 0. The van der Waals surface area contributed by atoms with Crippen LogP contribution in [0.2, 0.25) is 0 Å². The van der Waals surface area contributed by atoms with E-state index < -0.39 is 6.17 Å². The molecule has 0 saturated carbocycles. The molecule has 0 bridgehead atoms. The van der Waals surface area contributed by atoms with E-state index >= 15 is 0 Å². The van der Waals surface area contributed by atoms with Crippen molar-refractivity contribution in [3.8, 4) is 0 Å². The molecule has 0 atom stereocenters. The molecule has 24 heavy (non-hydrogen) atoms. The lowest BCUT2D eigenvalue weighted by Gasteiger charge is -2.26. The Morgan fingerprint density at radius 3 is 1.38 bits per heavy atom. The lowest BCUT2D eigenvalue weighted by atomic mass is 10.1. The Balaban J connectivity index is 2.39. The van der Waals surface area contributed by atoms with Gasteiger partial charge in [-0.1, -0.05) is 36.4 Å². The average Bonchev–Trinajstić information content (AvgIpc) is 2.52. The second kappa shape index (κ2) is 7.30. The number of aryl methyl sites for hydroxylation is 4. The van der Waals surface area contributed by atoms with Crippen LogP contribution in [-0.4, -0.2) is 17.6 Å². The van der Waals surface area contributed by atoms with Gasteiger partial charge in [0.05, 0.1) is 11.4 Å². The molecule has 0 unspecified atom stereocenters. The van der Waals surface area contributed by atoms with Gasteiger partial charge in [-0.15, -0.1) is 0 Å². The Labute approximate surface area is 144 Å². The summed E-state index contributed by atoms with van der Waals surface area (Å²) in [6, 6.07) is 12.2. The Bertz CT molecular complexity index is 683. The van der Waals surface area contributed by atoms with Crippen molar-refractivity contribution in [2.45, 2.75) is 40.8 Å². The predicted molar refractivity (Wildman–Crippen MR) is 104 cm³/mol. The summed E-state index contributed by atoms with van der Waals surface area (Å²) in [5.74, 6) is 0. The van der Waals surface area contributed by atoms with E-state index in [1.807, 2.05) is 64.1 Å². The van der Waals surface area contributed by atoms with Gasteiger partial charge in [-0.3, -0.25) is 5.41 Å². The van der Waals surface area contributed by atoms with E-state index in [2.05, 4.69) is 10.6 Å². The SMILES string of the molecule is CC(=N)C(=N)C(Nc1c(C)cccc1C)Nc1c(C)cccc1C. The summed E-state index contributed by atoms with van der Waals surface area (Å²) in [7, 11) is 0. The minimum absolute atomic E-state index is 0.236. The van der Waals surface area contributed by atoms with Crippen molar-refractivity contribution in [1.82, 2.24) is 0 Å². The lowest BCUT2D eigenvalue weighted by molar-refractivity contribution is 1.04. The van der Waals surface area contributed by atoms with Crippen LogP contribution in [0.1, 0.15) is 29.2 Å². The second-order valence-corrected chi connectivity index (χ2v) is 6.29. The van der Waals surface area contributed by atoms with Crippen LogP contribution in [0.25, 0.3) is 0 Å². The van der Waals surface area contributed by atoms with Gasteiger partial charge in [-0.2, -0.15) is 0 Å². The number of hydrogen-bond acceptors (Lipinski definition) is 4. The van der Waals surface area contributed by atoms with Gasteiger partial charge in [0.1, 0.15) is 6.17 Å². The van der Waals surface area contributed by atoms with E-state index in [0.717, 1.165) is 33.6 Å². The molecule has 0 spiro atoms. The number of anilines is 2. The zero-order valence-electron chi connectivity index (χ0n) is 15.0. The Morgan fingerprint density at radius 2 is 1.08 bits per heavy atom. The van der Waals surface area contributed by atoms with Gasteiger partial charge in [0.15, 0.2) is 0 Å². The smallest absolute Gasteiger partial charge is 0.142 e. The van der Waals surface area contributed by atoms with Gasteiger partial charge in [0.2, 0.25) is 0 Å². The molecule has 0 heterocycles. The minimum atomic E-state index is -0.456. The molecule has 2 aromatic carbocycles. The van der Waals surface area contributed by atoms with Gasteiger partial charge < -0.3 is 16.0 Å². The van der Waals surface area contributed by atoms with Crippen molar-refractivity contribution in [1.29, 1.82) is 10.8 Å². The highest BCUT2D eigenvalue weighted by molar-refractivity contribution is 6.41. The van der Waals surface area contributed by atoms with E-state index in [1.54, 1.807) is 6.92 Å². The highest BCUT2D eigenvalue weighted by Crippen LogP contribution is 2.24. The zero-order valence-corrected chi connectivity index (χ0v) is 15.0. The highest BCUT2D eigenvalue weighted by Gasteiger charge is 2.19. The molecule has 4 N–H and O–H groups in total. The molecule has 0 aliphatic carbocycles. The fourth-order valence-corrected chi connectivity index (χ4v) is 2.77. The summed E-state index contributed by atoms with van der Waals surface area (Å²) in [6.45, 7) is 9.84. The van der Waals surface area contributed by atoms with Crippen molar-refractivity contribution in [3.05, 3.63) is 58.7 Å². The van der Waals surface area contributed by atoms with Crippen molar-refractivity contribution >= 4 is 22.8 Å². The van der Waals surface area contributed by atoms with Crippen LogP contribution in [0.4, 0.5) is 11.4 Å². The van der Waals surface area contributed by atoms with E-state index in [4.69, 9.17) is 10.8 Å². The van der Waals surface area contributed by atoms with E-state index in [-0.39, 0.29) is 11.4 Å². The first-order valence-electron chi connectivity index (χ1n) is 8.10. The second-order valence-electron chi connectivity index (χ2n) is 6.29. The molecule has 126 valence electrons. The van der Waals surface area contributed by atoms with E-state index in [9.17, 15) is 0 Å². The number of rotatable bonds is 6. The average molecular weight is 322 g/mol. The summed E-state index contributed by atoms with van der Waals surface area (Å²) in [5, 5.41) is 23.1.